The van der Waals surface area contributed by atoms with Gasteiger partial charge < -0.3 is 14.9 Å². The Kier molecular flexibility index (Phi) is 1.53. The van der Waals surface area contributed by atoms with Crippen LogP contribution < -0.4 is 0 Å². The van der Waals surface area contributed by atoms with E-state index in [0.717, 1.165) is 6.42 Å². The fourth-order valence-corrected chi connectivity index (χ4v) is 3.25. The van der Waals surface area contributed by atoms with Gasteiger partial charge in [0.15, 0.2) is 7.00 Å². The maximum Gasteiger partial charge on any atom is 0.177 e. The van der Waals surface area contributed by atoms with Crippen LogP contribution in [0.2, 0.25) is 0 Å². The summed E-state index contributed by atoms with van der Waals surface area (Å²) in [7, 11) is 2.50. The van der Waals surface area contributed by atoms with Crippen molar-refractivity contribution in [2.45, 2.75) is 42.6 Å². The molecule has 3 rings (SSSR count). The molecule has 2 aliphatic carbocycles. The van der Waals surface area contributed by atoms with Crippen LogP contribution in [-0.2, 0) is 4.74 Å². The number of rotatable bonds is 1. The Balaban J connectivity index is 1.87. The van der Waals surface area contributed by atoms with Gasteiger partial charge in [0, 0.05) is 6.00 Å². The Morgan fingerprint density at radius 1 is 1.31 bits per heavy atom. The van der Waals surface area contributed by atoms with Gasteiger partial charge in [0.1, 0.15) is 6.10 Å². The molecule has 6 atom stereocenters. The van der Waals surface area contributed by atoms with E-state index < -0.39 is 11.2 Å². The molecule has 6 unspecified atom stereocenters. The summed E-state index contributed by atoms with van der Waals surface area (Å²) in [6.07, 6.45) is 1.82. The highest BCUT2D eigenvalue weighted by Crippen LogP contribution is 2.64. The maximum atomic E-state index is 10.2. The van der Waals surface area contributed by atoms with Gasteiger partial charge in [-0.15, -0.1) is 0 Å². The van der Waals surface area contributed by atoms with Crippen LogP contribution in [0.25, 0.3) is 0 Å². The number of aliphatic hydroxyl groups is 2. The van der Waals surface area contributed by atoms with Crippen molar-refractivity contribution in [3.63, 3.8) is 0 Å². The summed E-state index contributed by atoms with van der Waals surface area (Å²) in [4.78, 5) is 0. The third-order valence-electron chi connectivity index (χ3n) is 3.74. The van der Waals surface area contributed by atoms with Crippen LogP contribution in [0, 0.1) is 5.92 Å². The van der Waals surface area contributed by atoms with Gasteiger partial charge >= 0.3 is 0 Å². The average Bonchev–Trinajstić information content (AvgIpc) is 2.51. The fourth-order valence-electron chi connectivity index (χ4n) is 3.02. The molecular formula is C8H13BO3P. The first-order valence-corrected chi connectivity index (χ1v) is 5.40. The highest BCUT2D eigenvalue weighted by molar-refractivity contribution is 7.55. The summed E-state index contributed by atoms with van der Waals surface area (Å²) in [5, 5.41) is 20.2. The van der Waals surface area contributed by atoms with Crippen molar-refractivity contribution in [1.82, 2.24) is 0 Å². The van der Waals surface area contributed by atoms with E-state index in [0.29, 0.717) is 12.8 Å². The molecule has 0 aromatic rings. The van der Waals surface area contributed by atoms with Gasteiger partial charge in [-0.25, -0.2) is 0 Å². The van der Waals surface area contributed by atoms with Gasteiger partial charge in [-0.05, 0) is 25.2 Å². The SMILES string of the molecule is OC12CC([B]P)OC1C1(O)CC1C2. The van der Waals surface area contributed by atoms with Crippen LogP contribution in [-0.4, -0.2) is 40.5 Å². The van der Waals surface area contributed by atoms with E-state index in [1.54, 1.807) is 0 Å². The maximum absolute atomic E-state index is 10.2. The highest BCUT2D eigenvalue weighted by atomic mass is 31.0. The molecule has 5 heteroatoms. The predicted molar refractivity (Wildman–Crippen MR) is 51.4 cm³/mol. The van der Waals surface area contributed by atoms with Gasteiger partial charge in [0.05, 0.1) is 11.2 Å². The van der Waals surface area contributed by atoms with E-state index in [4.69, 9.17) is 4.74 Å². The lowest BCUT2D eigenvalue weighted by Crippen LogP contribution is -2.41. The second kappa shape index (κ2) is 2.30. The summed E-state index contributed by atoms with van der Waals surface area (Å²) in [5.74, 6) is 0.285. The molecule has 1 heterocycles. The minimum Gasteiger partial charge on any atom is -0.387 e. The van der Waals surface area contributed by atoms with E-state index in [1.807, 2.05) is 7.00 Å². The Hall–Kier alpha value is 0.375. The normalized spacial score (nSPS) is 63.2. The van der Waals surface area contributed by atoms with Crippen molar-refractivity contribution < 1.29 is 14.9 Å². The van der Waals surface area contributed by atoms with Crippen molar-refractivity contribution in [3.8, 4) is 0 Å². The number of hydrogen-bond donors (Lipinski definition) is 2. The summed E-state index contributed by atoms with van der Waals surface area (Å²) < 4.78 is 5.62. The van der Waals surface area contributed by atoms with Crippen LogP contribution in [0.5, 0.6) is 0 Å². The molecular weight excluding hydrogens is 186 g/mol. The van der Waals surface area contributed by atoms with Gasteiger partial charge in [-0.2, -0.15) is 9.12 Å². The zero-order valence-corrected chi connectivity index (χ0v) is 8.47. The summed E-state index contributed by atoms with van der Waals surface area (Å²) in [6.45, 7) is 1.87. The minimum absolute atomic E-state index is 0.00873. The van der Waals surface area contributed by atoms with Crippen LogP contribution in [0.3, 0.4) is 0 Å². The fraction of sp³-hybridized carbons (Fsp3) is 1.00. The van der Waals surface area contributed by atoms with Crippen molar-refractivity contribution in [2.24, 2.45) is 5.92 Å². The molecule has 3 fully saturated rings. The van der Waals surface area contributed by atoms with Crippen molar-refractivity contribution in [2.75, 3.05) is 0 Å². The minimum atomic E-state index is -0.755. The standard InChI is InChI=1S/C8H13BO3P/c10-7-1-4-2-8(4,11)6(7)12-5(3-7)9-13/h4-6,10-11H,1-3,13H2. The topological polar surface area (TPSA) is 49.7 Å². The van der Waals surface area contributed by atoms with Crippen molar-refractivity contribution >= 4 is 16.1 Å². The van der Waals surface area contributed by atoms with E-state index in [2.05, 4.69) is 9.12 Å². The molecule has 0 spiro atoms. The molecule has 2 saturated carbocycles. The Bertz CT molecular complexity index is 264. The smallest absolute Gasteiger partial charge is 0.177 e. The first-order chi connectivity index (χ1) is 6.08. The van der Waals surface area contributed by atoms with Gasteiger partial charge in [0.2, 0.25) is 0 Å². The molecule has 13 heavy (non-hydrogen) atoms. The quantitative estimate of drug-likeness (QED) is 0.441. The van der Waals surface area contributed by atoms with Crippen molar-refractivity contribution in [1.29, 1.82) is 0 Å². The third-order valence-corrected chi connectivity index (χ3v) is 4.17. The second-order valence-corrected chi connectivity index (χ2v) is 5.04. The van der Waals surface area contributed by atoms with Crippen LogP contribution in [0.15, 0.2) is 0 Å². The van der Waals surface area contributed by atoms with Crippen LogP contribution in [0.1, 0.15) is 19.3 Å². The van der Waals surface area contributed by atoms with Gasteiger partial charge in [-0.3, -0.25) is 0 Å². The zero-order valence-electron chi connectivity index (χ0n) is 7.31. The van der Waals surface area contributed by atoms with E-state index >= 15 is 0 Å². The lowest BCUT2D eigenvalue weighted by Gasteiger charge is -2.25. The second-order valence-electron chi connectivity index (χ2n) is 4.65. The summed E-state index contributed by atoms with van der Waals surface area (Å²) >= 11 is 0. The monoisotopic (exact) mass is 199 g/mol. The Morgan fingerprint density at radius 3 is 2.69 bits per heavy atom. The molecule has 1 saturated heterocycles. The molecule has 0 amide bonds. The van der Waals surface area contributed by atoms with E-state index in [-0.39, 0.29) is 18.0 Å². The van der Waals surface area contributed by atoms with Crippen LogP contribution in [0.4, 0.5) is 0 Å². The first kappa shape index (κ1) is 8.66. The van der Waals surface area contributed by atoms with E-state index in [1.165, 1.54) is 0 Å². The third kappa shape index (κ3) is 0.954. The molecule has 1 radical (unpaired) electrons. The van der Waals surface area contributed by atoms with Gasteiger partial charge in [-0.1, -0.05) is 0 Å². The number of hydrogen-bond acceptors (Lipinski definition) is 3. The zero-order chi connectivity index (χ0) is 9.27. The summed E-state index contributed by atoms with van der Waals surface area (Å²) in [6, 6.07) is -0.00873. The molecule has 0 aromatic carbocycles. The van der Waals surface area contributed by atoms with Crippen LogP contribution >= 0.6 is 9.12 Å². The highest BCUT2D eigenvalue weighted by Gasteiger charge is 2.74. The molecule has 71 valence electrons. The molecule has 0 bridgehead atoms. The number of fused-ring (bicyclic) bond motifs is 3. The number of ether oxygens (including phenoxy) is 1. The van der Waals surface area contributed by atoms with Gasteiger partial charge in [0.25, 0.3) is 0 Å². The molecule has 2 N–H and O–H groups in total. The van der Waals surface area contributed by atoms with Crippen molar-refractivity contribution in [3.05, 3.63) is 0 Å². The molecule has 3 aliphatic rings. The largest absolute Gasteiger partial charge is 0.387 e. The van der Waals surface area contributed by atoms with E-state index in [9.17, 15) is 10.2 Å². The predicted octanol–water partition coefficient (Wildman–Crippen LogP) is -0.519. The lowest BCUT2D eigenvalue weighted by molar-refractivity contribution is -0.0874. The lowest BCUT2D eigenvalue weighted by atomic mass is 9.85. The molecule has 1 aliphatic heterocycles. The molecule has 3 nitrogen and oxygen atoms in total. The Morgan fingerprint density at radius 2 is 2.08 bits per heavy atom. The summed E-state index contributed by atoms with van der Waals surface area (Å²) in [5.41, 5.74) is -1.45. The first-order valence-electron chi connectivity index (χ1n) is 4.74. The Labute approximate surface area is 80.3 Å². The average molecular weight is 199 g/mol. The molecule has 0 aromatic heterocycles.